The van der Waals surface area contributed by atoms with Crippen LogP contribution in [0.2, 0.25) is 0 Å². The normalized spacial score (nSPS) is 21.8. The third-order valence-electron chi connectivity index (χ3n) is 4.90. The molecule has 0 aromatic carbocycles. The Kier molecular flexibility index (Phi) is 3.83. The van der Waals surface area contributed by atoms with Crippen molar-refractivity contribution >= 4 is 0 Å². The maximum atomic E-state index is 8.92. The van der Waals surface area contributed by atoms with Crippen LogP contribution in [0.4, 0.5) is 0 Å². The van der Waals surface area contributed by atoms with Crippen LogP contribution in [0.15, 0.2) is 12.4 Å². The minimum Gasteiger partial charge on any atom is -0.314 e. The van der Waals surface area contributed by atoms with Crippen molar-refractivity contribution in [1.82, 2.24) is 29.4 Å². The van der Waals surface area contributed by atoms with Crippen molar-refractivity contribution in [1.29, 1.82) is 5.26 Å². The fourth-order valence-electron chi connectivity index (χ4n) is 3.63. The van der Waals surface area contributed by atoms with Gasteiger partial charge < -0.3 is 4.57 Å². The quantitative estimate of drug-likeness (QED) is 0.859. The van der Waals surface area contributed by atoms with Crippen molar-refractivity contribution in [2.75, 3.05) is 13.1 Å². The summed E-state index contributed by atoms with van der Waals surface area (Å²) in [4.78, 5) is 2.42. The summed E-state index contributed by atoms with van der Waals surface area (Å²) in [6.07, 6.45) is 9.34. The van der Waals surface area contributed by atoms with Crippen LogP contribution in [0, 0.1) is 11.3 Å². The minimum absolute atomic E-state index is 0.351. The molecule has 1 fully saturated rings. The largest absolute Gasteiger partial charge is 0.314 e. The van der Waals surface area contributed by atoms with Gasteiger partial charge in [0.15, 0.2) is 0 Å². The number of likely N-dealkylation sites (tertiary alicyclic amines) is 1. The molecule has 1 unspecified atom stereocenters. The molecule has 0 saturated carbocycles. The van der Waals surface area contributed by atoms with Crippen molar-refractivity contribution in [3.63, 3.8) is 0 Å². The predicted octanol–water partition coefficient (Wildman–Crippen LogP) is 1.52. The highest BCUT2D eigenvalue weighted by Crippen LogP contribution is 2.23. The molecule has 7 nitrogen and oxygen atoms in total. The Morgan fingerprint density at radius 3 is 3.04 bits per heavy atom. The highest BCUT2D eigenvalue weighted by atomic mass is 15.3. The first-order valence-corrected chi connectivity index (χ1v) is 8.41. The third-order valence-corrected chi connectivity index (χ3v) is 4.90. The average molecular weight is 311 g/mol. The zero-order valence-corrected chi connectivity index (χ0v) is 13.2. The van der Waals surface area contributed by atoms with Gasteiger partial charge in [-0.1, -0.05) is 6.42 Å². The summed E-state index contributed by atoms with van der Waals surface area (Å²) in [6, 6.07) is 2.49. The van der Waals surface area contributed by atoms with Gasteiger partial charge in [-0.05, 0) is 19.3 Å². The first-order chi connectivity index (χ1) is 11.3. The van der Waals surface area contributed by atoms with Crippen molar-refractivity contribution in [2.24, 2.45) is 0 Å². The monoisotopic (exact) mass is 311 g/mol. The first kappa shape index (κ1) is 14.4. The predicted molar refractivity (Wildman–Crippen MR) is 83.5 cm³/mol. The van der Waals surface area contributed by atoms with Crippen molar-refractivity contribution in [3.8, 4) is 6.07 Å². The number of aromatic nitrogens is 5. The van der Waals surface area contributed by atoms with Crippen LogP contribution in [-0.2, 0) is 19.5 Å². The molecule has 0 bridgehead atoms. The van der Waals surface area contributed by atoms with Crippen LogP contribution < -0.4 is 0 Å². The van der Waals surface area contributed by atoms with Crippen LogP contribution in [0.3, 0.4) is 0 Å². The number of nitriles is 1. The summed E-state index contributed by atoms with van der Waals surface area (Å²) in [5, 5.41) is 22.0. The van der Waals surface area contributed by atoms with Crippen LogP contribution >= 0.6 is 0 Å². The topological polar surface area (TPSA) is 75.6 Å². The van der Waals surface area contributed by atoms with E-state index in [9.17, 15) is 0 Å². The van der Waals surface area contributed by atoms with E-state index in [4.69, 9.17) is 5.26 Å². The number of aryl methyl sites for hydroxylation is 1. The fourth-order valence-corrected chi connectivity index (χ4v) is 3.63. The van der Waals surface area contributed by atoms with Crippen LogP contribution in [0.5, 0.6) is 0 Å². The lowest BCUT2D eigenvalue weighted by molar-refractivity contribution is 0.298. The zero-order valence-electron chi connectivity index (χ0n) is 13.2. The second kappa shape index (κ2) is 6.13. The highest BCUT2D eigenvalue weighted by molar-refractivity contribution is 5.22. The fraction of sp³-hybridized carbons (Fsp3) is 0.625. The smallest absolute Gasteiger partial charge is 0.147 e. The molecule has 1 saturated heterocycles. The van der Waals surface area contributed by atoms with Crippen molar-refractivity contribution in [2.45, 2.75) is 51.2 Å². The number of fused-ring (bicyclic) bond motifs is 1. The second-order valence-corrected chi connectivity index (χ2v) is 6.49. The standard InChI is InChI=1S/C16H21N7/c17-8-13-9-18-23(10-13)14-5-7-21(11-14)12-16-20-19-15-4-2-1-3-6-22(15)16/h9-10,14H,1-7,11-12H2. The van der Waals surface area contributed by atoms with Gasteiger partial charge in [0.25, 0.3) is 0 Å². The third kappa shape index (κ3) is 2.86. The van der Waals surface area contributed by atoms with Gasteiger partial charge >= 0.3 is 0 Å². The Balaban J connectivity index is 1.43. The number of hydrogen-bond acceptors (Lipinski definition) is 5. The Hall–Kier alpha value is -2.20. The van der Waals surface area contributed by atoms with E-state index in [2.05, 4.69) is 30.8 Å². The molecule has 1 atom stereocenters. The summed E-state index contributed by atoms with van der Waals surface area (Å²) < 4.78 is 4.25. The molecule has 0 N–H and O–H groups in total. The SMILES string of the molecule is N#Cc1cnn(C2CCN(Cc3nnc4n3CCCCC4)C2)c1. The maximum absolute atomic E-state index is 8.92. The van der Waals surface area contributed by atoms with Gasteiger partial charge in [0.1, 0.15) is 17.7 Å². The number of nitrogens with zero attached hydrogens (tertiary/aromatic N) is 7. The van der Waals surface area contributed by atoms with E-state index in [1.165, 1.54) is 19.3 Å². The van der Waals surface area contributed by atoms with Gasteiger partial charge in [0.05, 0.1) is 24.3 Å². The van der Waals surface area contributed by atoms with Gasteiger partial charge in [-0.25, -0.2) is 0 Å². The van der Waals surface area contributed by atoms with E-state index < -0.39 is 0 Å². The Morgan fingerprint density at radius 1 is 1.22 bits per heavy atom. The molecule has 23 heavy (non-hydrogen) atoms. The lowest BCUT2D eigenvalue weighted by atomic mass is 10.2. The van der Waals surface area contributed by atoms with Crippen molar-refractivity contribution in [3.05, 3.63) is 29.6 Å². The molecule has 2 aromatic rings. The van der Waals surface area contributed by atoms with E-state index in [1.54, 1.807) is 6.20 Å². The molecular formula is C16H21N7. The summed E-state index contributed by atoms with van der Waals surface area (Å²) >= 11 is 0. The van der Waals surface area contributed by atoms with Crippen LogP contribution in [-0.4, -0.2) is 42.5 Å². The van der Waals surface area contributed by atoms with E-state index in [1.807, 2.05) is 10.9 Å². The number of hydrogen-bond donors (Lipinski definition) is 0. The van der Waals surface area contributed by atoms with Crippen LogP contribution in [0.25, 0.3) is 0 Å². The summed E-state index contributed by atoms with van der Waals surface area (Å²) in [5.74, 6) is 2.25. The van der Waals surface area contributed by atoms with E-state index in [-0.39, 0.29) is 0 Å². The molecule has 0 aliphatic carbocycles. The maximum Gasteiger partial charge on any atom is 0.147 e. The molecule has 7 heteroatoms. The lowest BCUT2D eigenvalue weighted by Crippen LogP contribution is -2.23. The Bertz CT molecular complexity index is 723. The molecule has 2 aliphatic heterocycles. The Labute approximate surface area is 135 Å². The van der Waals surface area contributed by atoms with Crippen LogP contribution in [0.1, 0.15) is 48.9 Å². The molecule has 2 aromatic heterocycles. The van der Waals surface area contributed by atoms with Gasteiger partial charge in [-0.2, -0.15) is 10.4 Å². The summed E-state index contributed by atoms with van der Waals surface area (Å²) in [6.45, 7) is 3.90. The summed E-state index contributed by atoms with van der Waals surface area (Å²) in [7, 11) is 0. The molecule has 2 aliphatic rings. The second-order valence-electron chi connectivity index (χ2n) is 6.49. The molecule has 4 heterocycles. The highest BCUT2D eigenvalue weighted by Gasteiger charge is 2.26. The first-order valence-electron chi connectivity index (χ1n) is 8.41. The Morgan fingerprint density at radius 2 is 2.17 bits per heavy atom. The van der Waals surface area contributed by atoms with E-state index >= 15 is 0 Å². The van der Waals surface area contributed by atoms with Gasteiger partial charge in [0, 0.05) is 32.3 Å². The number of rotatable bonds is 3. The summed E-state index contributed by atoms with van der Waals surface area (Å²) in [5.41, 5.74) is 0.631. The average Bonchev–Trinajstić information content (AvgIpc) is 3.26. The molecule has 0 amide bonds. The zero-order chi connectivity index (χ0) is 15.6. The molecule has 0 radical (unpaired) electrons. The molecule has 120 valence electrons. The molecular weight excluding hydrogens is 290 g/mol. The van der Waals surface area contributed by atoms with E-state index in [0.29, 0.717) is 11.6 Å². The van der Waals surface area contributed by atoms with Gasteiger partial charge in [0.2, 0.25) is 0 Å². The van der Waals surface area contributed by atoms with E-state index in [0.717, 1.165) is 50.7 Å². The molecule has 4 rings (SSSR count). The minimum atomic E-state index is 0.351. The van der Waals surface area contributed by atoms with Gasteiger partial charge in [-0.3, -0.25) is 9.58 Å². The van der Waals surface area contributed by atoms with Crippen molar-refractivity contribution < 1.29 is 0 Å². The van der Waals surface area contributed by atoms with Gasteiger partial charge in [-0.15, -0.1) is 10.2 Å². The molecule has 0 spiro atoms. The lowest BCUT2D eigenvalue weighted by Gasteiger charge is -2.16.